The molecule has 2 N–H and O–H groups in total. The average Bonchev–Trinajstić information content (AvgIpc) is 2.34. The lowest BCUT2D eigenvalue weighted by Crippen LogP contribution is -2.52. The van der Waals surface area contributed by atoms with Crippen molar-refractivity contribution in [3.8, 4) is 5.75 Å². The molecule has 1 heterocycles. The summed E-state index contributed by atoms with van der Waals surface area (Å²) in [5, 5.41) is 0. The van der Waals surface area contributed by atoms with Crippen LogP contribution >= 0.6 is 0 Å². The molecule has 1 unspecified atom stereocenters. The number of ether oxygens (including phenoxy) is 1. The molecule has 106 valence electrons. The van der Waals surface area contributed by atoms with Crippen LogP contribution < -0.4 is 10.5 Å². The van der Waals surface area contributed by atoms with E-state index in [-0.39, 0.29) is 5.41 Å². The summed E-state index contributed by atoms with van der Waals surface area (Å²) in [7, 11) is 1.72. The SMILES string of the molecule is COc1ccc(CN2CCC(N)C(C)(C)C2)cc1C. The van der Waals surface area contributed by atoms with Crippen LogP contribution in [0.5, 0.6) is 5.75 Å². The topological polar surface area (TPSA) is 38.5 Å². The molecule has 1 aliphatic rings. The zero-order valence-corrected chi connectivity index (χ0v) is 12.6. The second-order valence-corrected chi connectivity index (χ2v) is 6.40. The van der Waals surface area contributed by atoms with Gasteiger partial charge in [0.25, 0.3) is 0 Å². The van der Waals surface area contributed by atoms with Crippen molar-refractivity contribution in [3.63, 3.8) is 0 Å². The van der Waals surface area contributed by atoms with Gasteiger partial charge in [-0.2, -0.15) is 0 Å². The predicted molar refractivity (Wildman–Crippen MR) is 79.4 cm³/mol. The van der Waals surface area contributed by atoms with E-state index in [0.717, 1.165) is 31.8 Å². The lowest BCUT2D eigenvalue weighted by molar-refractivity contribution is 0.0898. The molecular formula is C16H26N2O. The van der Waals surface area contributed by atoms with Crippen LogP contribution in [0.1, 0.15) is 31.4 Å². The molecule has 3 nitrogen and oxygen atoms in total. The van der Waals surface area contributed by atoms with Crippen molar-refractivity contribution >= 4 is 0 Å². The van der Waals surface area contributed by atoms with Gasteiger partial charge in [0.2, 0.25) is 0 Å². The second-order valence-electron chi connectivity index (χ2n) is 6.40. The molecule has 0 spiro atoms. The number of nitrogens with two attached hydrogens (primary N) is 1. The molecule has 0 aliphatic carbocycles. The van der Waals surface area contributed by atoms with Gasteiger partial charge in [0.15, 0.2) is 0 Å². The smallest absolute Gasteiger partial charge is 0.121 e. The third kappa shape index (κ3) is 3.28. The van der Waals surface area contributed by atoms with Crippen LogP contribution in [-0.2, 0) is 6.54 Å². The van der Waals surface area contributed by atoms with E-state index in [2.05, 4.69) is 43.9 Å². The molecule has 1 atom stereocenters. The number of hydrogen-bond donors (Lipinski definition) is 1. The first kappa shape index (κ1) is 14.4. The van der Waals surface area contributed by atoms with Gasteiger partial charge in [0.1, 0.15) is 5.75 Å². The highest BCUT2D eigenvalue weighted by atomic mass is 16.5. The van der Waals surface area contributed by atoms with Gasteiger partial charge in [-0.15, -0.1) is 0 Å². The van der Waals surface area contributed by atoms with Crippen molar-refractivity contribution in [2.24, 2.45) is 11.1 Å². The number of benzene rings is 1. The van der Waals surface area contributed by atoms with E-state index in [0.29, 0.717) is 6.04 Å². The van der Waals surface area contributed by atoms with Crippen molar-refractivity contribution in [2.75, 3.05) is 20.2 Å². The monoisotopic (exact) mass is 262 g/mol. The van der Waals surface area contributed by atoms with E-state index in [4.69, 9.17) is 10.5 Å². The van der Waals surface area contributed by atoms with Crippen LogP contribution in [0.4, 0.5) is 0 Å². The number of likely N-dealkylation sites (tertiary alicyclic amines) is 1. The highest BCUT2D eigenvalue weighted by Gasteiger charge is 2.33. The summed E-state index contributed by atoms with van der Waals surface area (Å²) < 4.78 is 5.31. The second kappa shape index (κ2) is 5.51. The fourth-order valence-corrected chi connectivity index (χ4v) is 2.92. The molecule has 0 saturated carbocycles. The Morgan fingerprint density at radius 2 is 2.16 bits per heavy atom. The van der Waals surface area contributed by atoms with Gasteiger partial charge in [0, 0.05) is 25.7 Å². The van der Waals surface area contributed by atoms with Gasteiger partial charge >= 0.3 is 0 Å². The maximum atomic E-state index is 6.19. The van der Waals surface area contributed by atoms with Crippen LogP contribution in [0, 0.1) is 12.3 Å². The summed E-state index contributed by atoms with van der Waals surface area (Å²) in [4.78, 5) is 2.50. The first-order valence-corrected chi connectivity index (χ1v) is 7.04. The molecule has 0 bridgehead atoms. The molecule has 0 amide bonds. The Hall–Kier alpha value is -1.06. The zero-order valence-electron chi connectivity index (χ0n) is 12.6. The summed E-state index contributed by atoms with van der Waals surface area (Å²) in [6.07, 6.45) is 1.09. The van der Waals surface area contributed by atoms with Gasteiger partial charge in [-0.3, -0.25) is 4.90 Å². The van der Waals surface area contributed by atoms with Crippen LogP contribution in [0.2, 0.25) is 0 Å². The minimum Gasteiger partial charge on any atom is -0.496 e. The average molecular weight is 262 g/mol. The van der Waals surface area contributed by atoms with Crippen LogP contribution in [-0.4, -0.2) is 31.1 Å². The molecule has 0 radical (unpaired) electrons. The quantitative estimate of drug-likeness (QED) is 0.910. The molecule has 2 rings (SSSR count). The van der Waals surface area contributed by atoms with Crippen LogP contribution in [0.3, 0.4) is 0 Å². The molecule has 1 aromatic rings. The molecule has 1 fully saturated rings. The molecule has 19 heavy (non-hydrogen) atoms. The van der Waals surface area contributed by atoms with Gasteiger partial charge in [0.05, 0.1) is 7.11 Å². The van der Waals surface area contributed by atoms with Gasteiger partial charge < -0.3 is 10.5 Å². The molecule has 1 aromatic carbocycles. The number of aryl methyl sites for hydroxylation is 1. The largest absolute Gasteiger partial charge is 0.496 e. The predicted octanol–water partition coefficient (Wildman–Crippen LogP) is 2.56. The van der Waals surface area contributed by atoms with Crippen molar-refractivity contribution in [3.05, 3.63) is 29.3 Å². The lowest BCUT2D eigenvalue weighted by atomic mass is 9.79. The van der Waals surface area contributed by atoms with E-state index in [1.807, 2.05) is 0 Å². The summed E-state index contributed by atoms with van der Waals surface area (Å²) >= 11 is 0. The van der Waals surface area contributed by atoms with Gasteiger partial charge in [-0.25, -0.2) is 0 Å². The number of nitrogens with zero attached hydrogens (tertiary/aromatic N) is 1. The Balaban J connectivity index is 2.04. The number of rotatable bonds is 3. The molecule has 0 aromatic heterocycles. The van der Waals surface area contributed by atoms with Crippen molar-refractivity contribution in [1.29, 1.82) is 0 Å². The Labute approximate surface area is 116 Å². The summed E-state index contributed by atoms with van der Waals surface area (Å²) in [6.45, 7) is 9.79. The summed E-state index contributed by atoms with van der Waals surface area (Å²) in [5.41, 5.74) is 8.95. The molecule has 3 heteroatoms. The third-order valence-electron chi connectivity index (χ3n) is 4.26. The number of piperidine rings is 1. The van der Waals surface area contributed by atoms with Crippen molar-refractivity contribution in [2.45, 2.75) is 39.8 Å². The highest BCUT2D eigenvalue weighted by Crippen LogP contribution is 2.29. The number of methoxy groups -OCH3 is 1. The first-order chi connectivity index (χ1) is 8.92. The standard InChI is InChI=1S/C16H26N2O/c1-12-9-13(5-6-14(12)19-4)10-18-8-7-15(17)16(2,3)11-18/h5-6,9,15H,7-8,10-11,17H2,1-4H3. The van der Waals surface area contributed by atoms with Crippen LogP contribution in [0.25, 0.3) is 0 Å². The Morgan fingerprint density at radius 1 is 1.42 bits per heavy atom. The maximum absolute atomic E-state index is 6.19. The normalized spacial score (nSPS) is 23.3. The van der Waals surface area contributed by atoms with E-state index < -0.39 is 0 Å². The van der Waals surface area contributed by atoms with E-state index in [9.17, 15) is 0 Å². The minimum atomic E-state index is 0.208. The van der Waals surface area contributed by atoms with Crippen molar-refractivity contribution < 1.29 is 4.74 Å². The summed E-state index contributed by atoms with van der Waals surface area (Å²) in [6, 6.07) is 6.76. The minimum absolute atomic E-state index is 0.208. The van der Waals surface area contributed by atoms with Gasteiger partial charge in [-0.05, 0) is 36.0 Å². The van der Waals surface area contributed by atoms with Gasteiger partial charge in [-0.1, -0.05) is 26.0 Å². The third-order valence-corrected chi connectivity index (χ3v) is 4.26. The van der Waals surface area contributed by atoms with E-state index in [1.54, 1.807) is 7.11 Å². The maximum Gasteiger partial charge on any atom is 0.121 e. The lowest BCUT2D eigenvalue weighted by Gasteiger charge is -2.42. The fourth-order valence-electron chi connectivity index (χ4n) is 2.92. The zero-order chi connectivity index (χ0) is 14.0. The Kier molecular flexibility index (Phi) is 4.16. The Bertz CT molecular complexity index is 442. The summed E-state index contributed by atoms with van der Waals surface area (Å²) in [5.74, 6) is 0.963. The molecular weight excluding hydrogens is 236 g/mol. The molecule has 1 aliphatic heterocycles. The highest BCUT2D eigenvalue weighted by molar-refractivity contribution is 5.36. The number of hydrogen-bond acceptors (Lipinski definition) is 3. The molecule has 1 saturated heterocycles. The van der Waals surface area contributed by atoms with E-state index >= 15 is 0 Å². The Morgan fingerprint density at radius 3 is 2.74 bits per heavy atom. The van der Waals surface area contributed by atoms with Crippen LogP contribution in [0.15, 0.2) is 18.2 Å². The van der Waals surface area contributed by atoms with E-state index in [1.165, 1.54) is 11.1 Å². The first-order valence-electron chi connectivity index (χ1n) is 7.04. The van der Waals surface area contributed by atoms with Crippen molar-refractivity contribution in [1.82, 2.24) is 4.90 Å². The fraction of sp³-hybridized carbons (Fsp3) is 0.625.